The molecule has 0 radical (unpaired) electrons. The van der Waals surface area contributed by atoms with Crippen molar-refractivity contribution in [1.29, 1.82) is 0 Å². The largest absolute Gasteiger partial charge is 0.342 e. The molecule has 0 aliphatic carbocycles. The number of nitrogens with two attached hydrogens (primary N) is 1. The van der Waals surface area contributed by atoms with Crippen LogP contribution in [0.1, 0.15) is 25.7 Å². The Morgan fingerprint density at radius 3 is 2.39 bits per heavy atom. The molecule has 0 unspecified atom stereocenters. The summed E-state index contributed by atoms with van der Waals surface area (Å²) in [7, 11) is -3.98. The fourth-order valence-electron chi connectivity index (χ4n) is 1.39. The molecule has 1 rings (SSSR count). The number of unbranched alkanes of at least 4 members (excludes halogenated alkanes) is 2. The quantitative estimate of drug-likeness (QED) is 0.599. The Morgan fingerprint density at radius 2 is 1.78 bits per heavy atom. The minimum Gasteiger partial charge on any atom is -0.342 e. The number of carbonyl (C=O) groups excluding carboxylic acids is 1. The van der Waals surface area contributed by atoms with Crippen LogP contribution in [0.25, 0.3) is 0 Å². The van der Waals surface area contributed by atoms with Crippen LogP contribution in [0.2, 0.25) is 0 Å². The highest BCUT2D eigenvalue weighted by atomic mass is 32.2. The third-order valence-corrected chi connectivity index (χ3v) is 3.57. The second kappa shape index (κ2) is 7.13. The molecule has 0 saturated carbocycles. The van der Waals surface area contributed by atoms with E-state index in [9.17, 15) is 13.2 Å². The van der Waals surface area contributed by atoms with Gasteiger partial charge in [-0.25, -0.2) is 0 Å². The maximum Gasteiger partial charge on any atom is 0.341 e. The van der Waals surface area contributed by atoms with Crippen molar-refractivity contribution in [3.8, 4) is 0 Å². The lowest BCUT2D eigenvalue weighted by molar-refractivity contribution is -0.133. The van der Waals surface area contributed by atoms with Crippen molar-refractivity contribution in [2.75, 3.05) is 6.54 Å². The highest BCUT2D eigenvalue weighted by molar-refractivity contribution is 7.87. The summed E-state index contributed by atoms with van der Waals surface area (Å²) in [4.78, 5) is 11.3. The minimum absolute atomic E-state index is 0.0136. The third kappa shape index (κ3) is 4.85. The summed E-state index contributed by atoms with van der Waals surface area (Å²) in [5.74, 6) is -0.726. The van der Waals surface area contributed by atoms with Crippen LogP contribution in [0.3, 0.4) is 0 Å². The molecule has 2 N–H and O–H groups in total. The van der Waals surface area contributed by atoms with Crippen molar-refractivity contribution in [2.45, 2.75) is 30.6 Å². The van der Waals surface area contributed by atoms with Gasteiger partial charge in [-0.2, -0.15) is 8.42 Å². The van der Waals surface area contributed by atoms with Gasteiger partial charge in [-0.3, -0.25) is 4.79 Å². The van der Waals surface area contributed by atoms with E-state index in [1.54, 1.807) is 18.2 Å². The zero-order valence-corrected chi connectivity index (χ0v) is 10.9. The SMILES string of the molecule is NCCCCCC(=O)OS(=O)(=O)c1ccccc1. The topological polar surface area (TPSA) is 86.5 Å². The first-order valence-corrected chi connectivity index (χ1v) is 7.19. The van der Waals surface area contributed by atoms with Crippen molar-refractivity contribution < 1.29 is 17.4 Å². The van der Waals surface area contributed by atoms with Crippen LogP contribution in [0.15, 0.2) is 35.2 Å². The summed E-state index contributed by atoms with van der Waals surface area (Å²) in [5, 5.41) is 0. The molecule has 18 heavy (non-hydrogen) atoms. The van der Waals surface area contributed by atoms with E-state index in [4.69, 9.17) is 5.73 Å². The fraction of sp³-hybridized carbons (Fsp3) is 0.417. The van der Waals surface area contributed by atoms with Crippen LogP contribution in [0.5, 0.6) is 0 Å². The Morgan fingerprint density at radius 1 is 1.11 bits per heavy atom. The Bertz CT molecular complexity index is 470. The average Bonchev–Trinajstić information content (AvgIpc) is 2.35. The van der Waals surface area contributed by atoms with E-state index in [1.807, 2.05) is 0 Å². The van der Waals surface area contributed by atoms with Crippen LogP contribution >= 0.6 is 0 Å². The van der Waals surface area contributed by atoms with Gasteiger partial charge < -0.3 is 9.92 Å². The normalized spacial score (nSPS) is 11.2. The molecule has 0 spiro atoms. The highest BCUT2D eigenvalue weighted by Crippen LogP contribution is 2.13. The number of rotatable bonds is 7. The van der Waals surface area contributed by atoms with E-state index in [-0.39, 0.29) is 11.3 Å². The van der Waals surface area contributed by atoms with Crippen LogP contribution < -0.4 is 5.73 Å². The predicted octanol–water partition coefficient (Wildman–Crippen LogP) is 1.44. The Labute approximate surface area is 107 Å². The van der Waals surface area contributed by atoms with E-state index in [0.29, 0.717) is 13.0 Å². The van der Waals surface area contributed by atoms with Crippen LogP contribution in [0, 0.1) is 0 Å². The molecular weight excluding hydrogens is 254 g/mol. The molecule has 0 amide bonds. The first-order valence-electron chi connectivity index (χ1n) is 5.78. The average molecular weight is 271 g/mol. The maximum atomic E-state index is 11.7. The summed E-state index contributed by atoms with van der Waals surface area (Å²) in [5.41, 5.74) is 5.31. The lowest BCUT2D eigenvalue weighted by atomic mass is 10.2. The number of benzene rings is 1. The van der Waals surface area contributed by atoms with Crippen molar-refractivity contribution in [3.63, 3.8) is 0 Å². The fourth-order valence-corrected chi connectivity index (χ4v) is 2.30. The summed E-state index contributed by atoms with van der Waals surface area (Å²) < 4.78 is 27.8. The van der Waals surface area contributed by atoms with Crippen LogP contribution in [-0.2, 0) is 19.1 Å². The maximum absolute atomic E-state index is 11.7. The van der Waals surface area contributed by atoms with Gasteiger partial charge in [-0.05, 0) is 31.5 Å². The monoisotopic (exact) mass is 271 g/mol. The Hall–Kier alpha value is -1.40. The Kier molecular flexibility index (Phi) is 5.80. The van der Waals surface area contributed by atoms with E-state index < -0.39 is 16.1 Å². The molecule has 0 saturated heterocycles. The minimum atomic E-state index is -3.98. The third-order valence-electron chi connectivity index (χ3n) is 2.32. The standard InChI is InChI=1S/C12H17NO4S/c13-10-6-2-5-9-12(14)17-18(15,16)11-7-3-1-4-8-11/h1,3-4,7-8H,2,5-6,9-10,13H2. The number of hydrogen-bond acceptors (Lipinski definition) is 5. The smallest absolute Gasteiger partial charge is 0.341 e. The lowest BCUT2D eigenvalue weighted by Gasteiger charge is -2.05. The van der Waals surface area contributed by atoms with E-state index >= 15 is 0 Å². The highest BCUT2D eigenvalue weighted by Gasteiger charge is 2.19. The number of carbonyl (C=O) groups is 1. The predicted molar refractivity (Wildman–Crippen MR) is 67.2 cm³/mol. The molecular formula is C12H17NO4S. The first-order chi connectivity index (χ1) is 8.56. The van der Waals surface area contributed by atoms with E-state index in [2.05, 4.69) is 4.18 Å². The molecule has 0 atom stereocenters. The molecule has 0 heterocycles. The van der Waals surface area contributed by atoms with Gasteiger partial charge in [0.1, 0.15) is 4.90 Å². The van der Waals surface area contributed by atoms with Gasteiger partial charge in [0.15, 0.2) is 0 Å². The van der Waals surface area contributed by atoms with Crippen molar-refractivity contribution in [3.05, 3.63) is 30.3 Å². The molecule has 5 nitrogen and oxygen atoms in total. The second-order valence-electron chi connectivity index (χ2n) is 3.82. The van der Waals surface area contributed by atoms with E-state index in [0.717, 1.165) is 12.8 Å². The summed E-state index contributed by atoms with van der Waals surface area (Å²) in [6.07, 6.45) is 2.28. The van der Waals surface area contributed by atoms with Gasteiger partial charge in [0, 0.05) is 6.42 Å². The van der Waals surface area contributed by atoms with Crippen LogP contribution in [0.4, 0.5) is 0 Å². The first kappa shape index (κ1) is 14.7. The van der Waals surface area contributed by atoms with Gasteiger partial charge >= 0.3 is 16.1 Å². The summed E-state index contributed by atoms with van der Waals surface area (Å²) in [6, 6.07) is 7.60. The van der Waals surface area contributed by atoms with Crippen molar-refractivity contribution in [2.24, 2.45) is 5.73 Å². The van der Waals surface area contributed by atoms with Gasteiger partial charge in [-0.15, -0.1) is 0 Å². The number of hydrogen-bond donors (Lipinski definition) is 1. The second-order valence-corrected chi connectivity index (χ2v) is 5.37. The van der Waals surface area contributed by atoms with Gasteiger partial charge in [-0.1, -0.05) is 24.6 Å². The molecule has 0 aliphatic heterocycles. The van der Waals surface area contributed by atoms with Gasteiger partial charge in [0.25, 0.3) is 0 Å². The van der Waals surface area contributed by atoms with E-state index in [1.165, 1.54) is 12.1 Å². The molecule has 1 aromatic carbocycles. The zero-order chi connectivity index (χ0) is 13.4. The molecule has 0 bridgehead atoms. The van der Waals surface area contributed by atoms with Crippen molar-refractivity contribution >= 4 is 16.1 Å². The lowest BCUT2D eigenvalue weighted by Crippen LogP contribution is -2.13. The van der Waals surface area contributed by atoms with Gasteiger partial charge in [0.2, 0.25) is 0 Å². The summed E-state index contributed by atoms with van der Waals surface area (Å²) >= 11 is 0. The molecule has 0 aromatic heterocycles. The molecule has 0 aliphatic rings. The van der Waals surface area contributed by atoms with Gasteiger partial charge in [0.05, 0.1) is 0 Å². The summed E-state index contributed by atoms with van der Waals surface area (Å²) in [6.45, 7) is 0.567. The zero-order valence-electron chi connectivity index (χ0n) is 10.0. The molecule has 0 fully saturated rings. The molecule has 100 valence electrons. The van der Waals surface area contributed by atoms with Crippen LogP contribution in [-0.4, -0.2) is 20.9 Å². The molecule has 1 aromatic rings. The van der Waals surface area contributed by atoms with Crippen molar-refractivity contribution in [1.82, 2.24) is 0 Å². The molecule has 6 heteroatoms. The Balaban J connectivity index is 2.49.